The Morgan fingerprint density at radius 1 is 1.05 bits per heavy atom. The van der Waals surface area contributed by atoms with Crippen molar-refractivity contribution in [3.05, 3.63) is 65.7 Å². The van der Waals surface area contributed by atoms with E-state index in [0.717, 1.165) is 11.3 Å². The number of carbonyl (C=O) groups excluding carboxylic acids is 1. The summed E-state index contributed by atoms with van der Waals surface area (Å²) in [4.78, 5) is 13.3. The van der Waals surface area contributed by atoms with Crippen molar-refractivity contribution in [1.29, 1.82) is 0 Å². The third-order valence-corrected chi connectivity index (χ3v) is 4.45. The zero-order valence-corrected chi connectivity index (χ0v) is 12.8. The Morgan fingerprint density at radius 3 is 2.35 bits per heavy atom. The topological polar surface area (TPSA) is 17.1 Å². The molecule has 0 aliphatic rings. The fourth-order valence-electron chi connectivity index (χ4n) is 2.00. The van der Waals surface area contributed by atoms with Crippen LogP contribution in [0.4, 0.5) is 0 Å². The molecule has 0 aliphatic carbocycles. The smallest absolute Gasteiger partial charge is 0.146 e. The van der Waals surface area contributed by atoms with Crippen LogP contribution in [0.15, 0.2) is 59.5 Å². The van der Waals surface area contributed by atoms with Crippen molar-refractivity contribution >= 4 is 17.5 Å². The predicted molar refractivity (Wildman–Crippen MR) is 86.3 cm³/mol. The molecule has 0 fully saturated rings. The summed E-state index contributed by atoms with van der Waals surface area (Å²) in [7, 11) is 0. The number of aryl methyl sites for hydroxylation is 2. The highest BCUT2D eigenvalue weighted by molar-refractivity contribution is 8.00. The van der Waals surface area contributed by atoms with Gasteiger partial charge in [-0.2, -0.15) is 0 Å². The lowest BCUT2D eigenvalue weighted by atomic mass is 10.1. The summed E-state index contributed by atoms with van der Waals surface area (Å²) in [6.07, 6.45) is 1.45. The summed E-state index contributed by atoms with van der Waals surface area (Å²) in [5.74, 6) is 0.319. The van der Waals surface area contributed by atoms with Gasteiger partial charge in [0.15, 0.2) is 0 Å². The van der Waals surface area contributed by atoms with Gasteiger partial charge in [0.25, 0.3) is 0 Å². The maximum atomic E-state index is 12.2. The third kappa shape index (κ3) is 4.53. The summed E-state index contributed by atoms with van der Waals surface area (Å²) in [5.41, 5.74) is 2.48. The van der Waals surface area contributed by atoms with Crippen LogP contribution < -0.4 is 0 Å². The second-order valence-corrected chi connectivity index (χ2v) is 6.44. The van der Waals surface area contributed by atoms with Crippen LogP contribution in [0.5, 0.6) is 0 Å². The quantitative estimate of drug-likeness (QED) is 0.717. The van der Waals surface area contributed by atoms with Crippen molar-refractivity contribution < 1.29 is 4.79 Å². The van der Waals surface area contributed by atoms with Crippen molar-refractivity contribution in [2.45, 2.75) is 36.8 Å². The number of benzene rings is 2. The Morgan fingerprint density at radius 2 is 1.70 bits per heavy atom. The van der Waals surface area contributed by atoms with Gasteiger partial charge >= 0.3 is 0 Å². The van der Waals surface area contributed by atoms with Crippen LogP contribution in [0.25, 0.3) is 0 Å². The van der Waals surface area contributed by atoms with Crippen LogP contribution >= 0.6 is 11.8 Å². The molecule has 1 unspecified atom stereocenters. The maximum Gasteiger partial charge on any atom is 0.146 e. The van der Waals surface area contributed by atoms with E-state index < -0.39 is 0 Å². The molecule has 0 bridgehead atoms. The molecule has 0 saturated heterocycles. The Kier molecular flexibility index (Phi) is 5.42. The van der Waals surface area contributed by atoms with Gasteiger partial charge in [-0.25, -0.2) is 0 Å². The number of thioether (sulfide) groups is 1. The van der Waals surface area contributed by atoms with E-state index in [9.17, 15) is 4.79 Å². The molecule has 2 heteroatoms. The van der Waals surface area contributed by atoms with Crippen LogP contribution in [-0.2, 0) is 11.2 Å². The van der Waals surface area contributed by atoms with Crippen LogP contribution in [0.1, 0.15) is 24.5 Å². The SMILES string of the molecule is Cc1ccc(SC(C)C(=O)CCc2ccccc2)cc1. The third-order valence-electron chi connectivity index (χ3n) is 3.29. The molecule has 2 rings (SSSR count). The maximum absolute atomic E-state index is 12.2. The summed E-state index contributed by atoms with van der Waals surface area (Å²) in [6.45, 7) is 4.07. The number of ketones is 1. The van der Waals surface area contributed by atoms with Gasteiger partial charge < -0.3 is 0 Å². The van der Waals surface area contributed by atoms with Gasteiger partial charge in [-0.1, -0.05) is 48.0 Å². The van der Waals surface area contributed by atoms with Gasteiger partial charge in [-0.3, -0.25) is 4.79 Å². The lowest BCUT2D eigenvalue weighted by Crippen LogP contribution is -2.13. The zero-order chi connectivity index (χ0) is 14.4. The van der Waals surface area contributed by atoms with Crippen LogP contribution in [-0.4, -0.2) is 11.0 Å². The van der Waals surface area contributed by atoms with E-state index in [1.165, 1.54) is 11.1 Å². The van der Waals surface area contributed by atoms with Crippen LogP contribution in [0.3, 0.4) is 0 Å². The first-order valence-corrected chi connectivity index (χ1v) is 7.83. The summed E-state index contributed by atoms with van der Waals surface area (Å²) in [5, 5.41) is 0.0152. The molecule has 0 radical (unpaired) electrons. The van der Waals surface area contributed by atoms with E-state index in [0.29, 0.717) is 12.2 Å². The largest absolute Gasteiger partial charge is 0.298 e. The molecule has 0 spiro atoms. The van der Waals surface area contributed by atoms with Gasteiger partial charge in [0.05, 0.1) is 5.25 Å². The number of hydrogen-bond acceptors (Lipinski definition) is 2. The number of hydrogen-bond donors (Lipinski definition) is 0. The molecular weight excluding hydrogens is 264 g/mol. The van der Waals surface area contributed by atoms with E-state index in [-0.39, 0.29) is 5.25 Å². The van der Waals surface area contributed by atoms with Gasteiger partial charge in [0.1, 0.15) is 5.78 Å². The van der Waals surface area contributed by atoms with Crippen molar-refractivity contribution in [2.24, 2.45) is 0 Å². The lowest BCUT2D eigenvalue weighted by Gasteiger charge is -2.10. The van der Waals surface area contributed by atoms with E-state index in [1.54, 1.807) is 11.8 Å². The number of Topliss-reactive ketones (excluding diaryl/α,β-unsaturated/α-hetero) is 1. The summed E-state index contributed by atoms with van der Waals surface area (Å²) < 4.78 is 0. The Labute approximate surface area is 125 Å². The van der Waals surface area contributed by atoms with Crippen molar-refractivity contribution in [2.75, 3.05) is 0 Å². The molecule has 1 atom stereocenters. The minimum atomic E-state index is 0.0152. The first-order chi connectivity index (χ1) is 9.65. The van der Waals surface area contributed by atoms with Crippen LogP contribution in [0, 0.1) is 6.92 Å². The highest BCUT2D eigenvalue weighted by Crippen LogP contribution is 2.25. The first-order valence-electron chi connectivity index (χ1n) is 6.95. The summed E-state index contributed by atoms with van der Waals surface area (Å²) >= 11 is 1.65. The average molecular weight is 284 g/mol. The molecule has 0 aromatic heterocycles. The molecule has 0 saturated carbocycles. The highest BCUT2D eigenvalue weighted by atomic mass is 32.2. The molecule has 2 aromatic rings. The van der Waals surface area contributed by atoms with E-state index in [2.05, 4.69) is 43.3 Å². The molecule has 0 N–H and O–H groups in total. The molecule has 0 heterocycles. The molecular formula is C18H20OS. The van der Waals surface area contributed by atoms with Crippen LogP contribution in [0.2, 0.25) is 0 Å². The average Bonchev–Trinajstić information content (AvgIpc) is 2.48. The van der Waals surface area contributed by atoms with Crippen molar-refractivity contribution in [3.8, 4) is 0 Å². The molecule has 0 amide bonds. The van der Waals surface area contributed by atoms with Gasteiger partial charge in [0.2, 0.25) is 0 Å². The predicted octanol–water partition coefficient (Wildman–Crippen LogP) is 4.68. The van der Waals surface area contributed by atoms with Gasteiger partial charge in [0, 0.05) is 11.3 Å². The van der Waals surface area contributed by atoms with Crippen molar-refractivity contribution in [3.63, 3.8) is 0 Å². The molecule has 2 aromatic carbocycles. The molecule has 20 heavy (non-hydrogen) atoms. The summed E-state index contributed by atoms with van der Waals surface area (Å²) in [6, 6.07) is 18.5. The van der Waals surface area contributed by atoms with Crippen molar-refractivity contribution in [1.82, 2.24) is 0 Å². The molecule has 0 aliphatic heterocycles. The minimum Gasteiger partial charge on any atom is -0.298 e. The molecule has 1 nitrogen and oxygen atoms in total. The number of rotatable bonds is 6. The Balaban J connectivity index is 1.84. The van der Waals surface area contributed by atoms with E-state index in [4.69, 9.17) is 0 Å². The van der Waals surface area contributed by atoms with Gasteiger partial charge in [-0.15, -0.1) is 11.8 Å². The zero-order valence-electron chi connectivity index (χ0n) is 12.0. The normalized spacial score (nSPS) is 12.1. The Hall–Kier alpha value is -1.54. The second kappa shape index (κ2) is 7.30. The lowest BCUT2D eigenvalue weighted by molar-refractivity contribution is -0.118. The number of carbonyl (C=O) groups is 1. The van der Waals surface area contributed by atoms with E-state index >= 15 is 0 Å². The van der Waals surface area contributed by atoms with E-state index in [1.807, 2.05) is 25.1 Å². The fourth-order valence-corrected chi connectivity index (χ4v) is 2.95. The first kappa shape index (κ1) is 14.9. The fraction of sp³-hybridized carbons (Fsp3) is 0.278. The second-order valence-electron chi connectivity index (χ2n) is 5.03. The standard InChI is InChI=1S/C18H20OS/c1-14-8-11-17(12-9-14)20-15(2)18(19)13-10-16-6-4-3-5-7-16/h3-9,11-12,15H,10,13H2,1-2H3. The molecule has 104 valence electrons. The Bertz CT molecular complexity index is 545. The highest BCUT2D eigenvalue weighted by Gasteiger charge is 2.14. The monoisotopic (exact) mass is 284 g/mol. The van der Waals surface area contributed by atoms with Gasteiger partial charge in [-0.05, 0) is 38.0 Å². The minimum absolute atomic E-state index is 0.0152.